The smallest absolute Gasteiger partial charge is 0.462 e. The van der Waals surface area contributed by atoms with Gasteiger partial charge in [-0.05, 0) is 50.9 Å². The largest absolute Gasteiger partial charge is 0.472 e. The summed E-state index contributed by atoms with van der Waals surface area (Å²) in [6.07, 6.45) is 31.2. The number of hydrogen-bond donors (Lipinski definition) is 4. The molecule has 0 rings (SSSR count). The molecule has 0 aromatic carbocycles. The molecule has 0 amide bonds. The molecule has 4 atom stereocenters. The van der Waals surface area contributed by atoms with Crippen molar-refractivity contribution in [1.29, 1.82) is 0 Å². The lowest BCUT2D eigenvalue weighted by Gasteiger charge is -2.20. The number of aliphatic hydroxyl groups excluding tert-OH is 3. The van der Waals surface area contributed by atoms with Gasteiger partial charge in [0.05, 0.1) is 25.9 Å². The van der Waals surface area contributed by atoms with Crippen LogP contribution in [0.4, 0.5) is 0 Å². The molecule has 0 fully saturated rings. The molecule has 0 bridgehead atoms. The molecule has 53 heavy (non-hydrogen) atoms. The minimum absolute atomic E-state index is 0.0447. The standard InChI is InChI=1S/C41H73O11P/c1-4-5-6-7-8-9-10-11-12-15-18-21-24-28-37(43)29-26-31-41(46)52-39(35-51-53(47,48)50-33-38(44)32-42)34-49-40(45)30-25-22-19-16-13-14-17-20-23-27-36(2)3/h8-9,11-12,18,21,24,28,36-39,42-44H,4-7,10,13-17,19-20,22-23,25-27,29-35H2,1-3H3,(H,47,48)/b9-8-,12-11-,21-18-,28-24+/t37-,38-,39+/m0/s1. The second kappa shape index (κ2) is 35.6. The highest BCUT2D eigenvalue weighted by atomic mass is 31.2. The van der Waals surface area contributed by atoms with Crippen LogP contribution in [0.2, 0.25) is 0 Å². The maximum Gasteiger partial charge on any atom is 0.472 e. The first-order chi connectivity index (χ1) is 25.5. The fraction of sp³-hybridized carbons (Fsp3) is 0.756. The lowest BCUT2D eigenvalue weighted by Crippen LogP contribution is -2.30. The highest BCUT2D eigenvalue weighted by Crippen LogP contribution is 2.43. The fourth-order valence-corrected chi connectivity index (χ4v) is 5.89. The third-order valence-electron chi connectivity index (χ3n) is 8.27. The van der Waals surface area contributed by atoms with Gasteiger partial charge in [0.1, 0.15) is 12.7 Å². The van der Waals surface area contributed by atoms with E-state index >= 15 is 0 Å². The molecule has 0 heterocycles. The van der Waals surface area contributed by atoms with Gasteiger partial charge in [-0.25, -0.2) is 4.57 Å². The van der Waals surface area contributed by atoms with Crippen molar-refractivity contribution in [3.05, 3.63) is 48.6 Å². The number of hydrogen-bond acceptors (Lipinski definition) is 10. The van der Waals surface area contributed by atoms with Crippen molar-refractivity contribution in [3.8, 4) is 0 Å². The van der Waals surface area contributed by atoms with Gasteiger partial charge in [-0.1, -0.05) is 140 Å². The average molecular weight is 773 g/mol. The van der Waals surface area contributed by atoms with E-state index in [2.05, 4.69) is 49.6 Å². The van der Waals surface area contributed by atoms with Crippen molar-refractivity contribution in [2.45, 2.75) is 167 Å². The molecule has 0 aromatic rings. The zero-order valence-electron chi connectivity index (χ0n) is 33.0. The van der Waals surface area contributed by atoms with Crippen LogP contribution in [-0.4, -0.2) is 76.9 Å². The number of phosphoric acid groups is 1. The van der Waals surface area contributed by atoms with Crippen molar-refractivity contribution < 1.29 is 52.9 Å². The Morgan fingerprint density at radius 3 is 1.94 bits per heavy atom. The van der Waals surface area contributed by atoms with Gasteiger partial charge < -0.3 is 29.7 Å². The predicted molar refractivity (Wildman–Crippen MR) is 211 cm³/mol. The van der Waals surface area contributed by atoms with Crippen LogP contribution >= 0.6 is 7.82 Å². The molecule has 12 heteroatoms. The fourth-order valence-electron chi connectivity index (χ4n) is 5.10. The molecular formula is C41H73O11P. The summed E-state index contributed by atoms with van der Waals surface area (Å²) in [5.41, 5.74) is 0. The van der Waals surface area contributed by atoms with Gasteiger partial charge in [-0.15, -0.1) is 0 Å². The first-order valence-electron chi connectivity index (χ1n) is 20.1. The molecule has 0 saturated heterocycles. The lowest BCUT2D eigenvalue weighted by atomic mass is 10.0. The van der Waals surface area contributed by atoms with Gasteiger partial charge in [0.2, 0.25) is 0 Å². The molecule has 308 valence electrons. The van der Waals surface area contributed by atoms with E-state index < -0.39 is 57.9 Å². The quantitative estimate of drug-likeness (QED) is 0.0158. The molecule has 0 saturated carbocycles. The Kier molecular flexibility index (Phi) is 34.2. The van der Waals surface area contributed by atoms with Gasteiger partial charge in [0, 0.05) is 12.8 Å². The average Bonchev–Trinajstić information content (AvgIpc) is 3.12. The number of aliphatic hydroxyl groups is 3. The zero-order chi connectivity index (χ0) is 39.4. The van der Waals surface area contributed by atoms with Crippen molar-refractivity contribution in [3.63, 3.8) is 0 Å². The Labute approximate surface area is 320 Å². The molecule has 0 radical (unpaired) electrons. The Balaban J connectivity index is 4.57. The predicted octanol–water partition coefficient (Wildman–Crippen LogP) is 8.99. The Morgan fingerprint density at radius 2 is 1.28 bits per heavy atom. The molecule has 1 unspecified atom stereocenters. The summed E-state index contributed by atoms with van der Waals surface area (Å²) in [6.45, 7) is 4.39. The van der Waals surface area contributed by atoms with Crippen LogP contribution in [-0.2, 0) is 32.7 Å². The zero-order valence-corrected chi connectivity index (χ0v) is 33.9. The van der Waals surface area contributed by atoms with E-state index in [1.807, 2.05) is 12.2 Å². The molecule has 0 aromatic heterocycles. The first-order valence-corrected chi connectivity index (χ1v) is 21.6. The van der Waals surface area contributed by atoms with Gasteiger partial charge in [-0.3, -0.25) is 18.6 Å². The lowest BCUT2D eigenvalue weighted by molar-refractivity contribution is -0.161. The molecule has 4 N–H and O–H groups in total. The number of carbonyl (C=O) groups excluding carboxylic acids is 2. The van der Waals surface area contributed by atoms with Crippen LogP contribution in [0.5, 0.6) is 0 Å². The summed E-state index contributed by atoms with van der Waals surface area (Å²) in [7, 11) is -4.67. The van der Waals surface area contributed by atoms with E-state index in [4.69, 9.17) is 19.1 Å². The Bertz CT molecular complexity index is 1060. The van der Waals surface area contributed by atoms with E-state index in [1.165, 1.54) is 57.8 Å². The normalized spacial score (nSPS) is 15.2. The third-order valence-corrected chi connectivity index (χ3v) is 9.22. The van der Waals surface area contributed by atoms with E-state index in [9.17, 15) is 29.3 Å². The number of allylic oxidation sites excluding steroid dienone is 7. The molecule has 11 nitrogen and oxygen atoms in total. The molecule has 0 aliphatic carbocycles. The Hall–Kier alpha value is -2.11. The highest BCUT2D eigenvalue weighted by Gasteiger charge is 2.27. The van der Waals surface area contributed by atoms with Gasteiger partial charge >= 0.3 is 19.8 Å². The minimum atomic E-state index is -4.67. The topological polar surface area (TPSA) is 169 Å². The van der Waals surface area contributed by atoms with Gasteiger partial charge in [-0.2, -0.15) is 0 Å². The summed E-state index contributed by atoms with van der Waals surface area (Å²) in [5.74, 6) is -0.366. The maximum atomic E-state index is 12.6. The number of esters is 2. The summed E-state index contributed by atoms with van der Waals surface area (Å²) >= 11 is 0. The van der Waals surface area contributed by atoms with Crippen LogP contribution in [0.3, 0.4) is 0 Å². The molecule has 0 aliphatic heterocycles. The second-order valence-electron chi connectivity index (χ2n) is 14.0. The molecular weight excluding hydrogens is 699 g/mol. The number of ether oxygens (including phenoxy) is 2. The molecule has 0 aliphatic rings. The SMILES string of the molecule is CCCCC/C=C\C/C=C\C/C=C\C=C\[C@H](O)CCCC(=O)O[C@H](COC(=O)CCCCCCCCCCCC(C)C)COP(=O)(O)OC[C@@H](O)CO. The van der Waals surface area contributed by atoms with Gasteiger partial charge in [0.15, 0.2) is 6.10 Å². The summed E-state index contributed by atoms with van der Waals surface area (Å²) < 4.78 is 32.5. The van der Waals surface area contributed by atoms with E-state index in [0.29, 0.717) is 19.3 Å². The van der Waals surface area contributed by atoms with Gasteiger partial charge in [0.25, 0.3) is 0 Å². The van der Waals surface area contributed by atoms with Crippen molar-refractivity contribution in [2.75, 3.05) is 26.4 Å². The van der Waals surface area contributed by atoms with Crippen molar-refractivity contribution in [1.82, 2.24) is 0 Å². The minimum Gasteiger partial charge on any atom is -0.462 e. The molecule has 0 spiro atoms. The van der Waals surface area contributed by atoms with E-state index in [1.54, 1.807) is 12.2 Å². The first kappa shape index (κ1) is 50.9. The number of carbonyl (C=O) groups is 2. The van der Waals surface area contributed by atoms with Crippen LogP contribution < -0.4 is 0 Å². The number of unbranched alkanes of at least 4 members (excludes halogenated alkanes) is 11. The number of phosphoric ester groups is 1. The van der Waals surface area contributed by atoms with Crippen molar-refractivity contribution >= 4 is 19.8 Å². The van der Waals surface area contributed by atoms with Crippen LogP contribution in [0.15, 0.2) is 48.6 Å². The van der Waals surface area contributed by atoms with E-state index in [-0.39, 0.29) is 19.4 Å². The second-order valence-corrected chi connectivity index (χ2v) is 15.4. The monoisotopic (exact) mass is 772 g/mol. The maximum absolute atomic E-state index is 12.6. The Morgan fingerprint density at radius 1 is 0.679 bits per heavy atom. The van der Waals surface area contributed by atoms with Crippen LogP contribution in [0.1, 0.15) is 149 Å². The van der Waals surface area contributed by atoms with E-state index in [0.717, 1.165) is 44.4 Å². The summed E-state index contributed by atoms with van der Waals surface area (Å²) in [6, 6.07) is 0. The summed E-state index contributed by atoms with van der Waals surface area (Å²) in [4.78, 5) is 34.9. The highest BCUT2D eigenvalue weighted by molar-refractivity contribution is 7.47. The van der Waals surface area contributed by atoms with Crippen molar-refractivity contribution in [2.24, 2.45) is 5.92 Å². The number of rotatable bonds is 36. The third kappa shape index (κ3) is 36.6. The van der Waals surface area contributed by atoms with Crippen LogP contribution in [0, 0.1) is 5.92 Å². The summed E-state index contributed by atoms with van der Waals surface area (Å²) in [5, 5.41) is 28.5. The van der Waals surface area contributed by atoms with Crippen LogP contribution in [0.25, 0.3) is 0 Å².